The molecule has 1 unspecified atom stereocenters. The highest BCUT2D eigenvalue weighted by Crippen LogP contribution is 2.20. The van der Waals surface area contributed by atoms with Crippen molar-refractivity contribution in [3.63, 3.8) is 0 Å². The third-order valence-electron chi connectivity index (χ3n) is 3.12. The first-order valence-electron chi connectivity index (χ1n) is 6.62. The van der Waals surface area contributed by atoms with Gasteiger partial charge < -0.3 is 5.32 Å². The molecule has 0 radical (unpaired) electrons. The van der Waals surface area contributed by atoms with Crippen LogP contribution in [-0.4, -0.2) is 16.6 Å². The van der Waals surface area contributed by atoms with E-state index in [2.05, 4.69) is 22.9 Å². The van der Waals surface area contributed by atoms with Crippen LogP contribution in [0.5, 0.6) is 0 Å². The van der Waals surface area contributed by atoms with Crippen molar-refractivity contribution in [2.75, 3.05) is 5.75 Å². The largest absolute Gasteiger partial charge is 0.350 e. The summed E-state index contributed by atoms with van der Waals surface area (Å²) in [5.41, 5.74) is 2.01. The Hall–Kier alpha value is -1.81. The first-order valence-corrected chi connectivity index (χ1v) is 7.25. The molecule has 1 aromatic heterocycles. The number of carbonyl (C=O) groups is 1. The van der Waals surface area contributed by atoms with Gasteiger partial charge >= 0.3 is 0 Å². The monoisotopic (exact) mass is 286 g/mol. The number of nitrogens with one attached hydrogen (secondary N) is 1. The van der Waals surface area contributed by atoms with Crippen LogP contribution in [-0.2, 0) is 11.3 Å². The van der Waals surface area contributed by atoms with Crippen molar-refractivity contribution in [1.29, 1.82) is 0 Å². The number of amides is 1. The molecule has 1 heterocycles. The summed E-state index contributed by atoms with van der Waals surface area (Å²) >= 11 is 4.35. The van der Waals surface area contributed by atoms with Gasteiger partial charge in [-0.25, -0.2) is 0 Å². The number of benzene rings is 1. The van der Waals surface area contributed by atoms with Gasteiger partial charge in [-0.2, -0.15) is 12.6 Å². The first-order chi connectivity index (χ1) is 9.79. The molecule has 20 heavy (non-hydrogen) atoms. The topological polar surface area (TPSA) is 42.0 Å². The second kappa shape index (κ2) is 7.70. The van der Waals surface area contributed by atoms with Crippen molar-refractivity contribution >= 4 is 18.5 Å². The fraction of sp³-hybridized carbons (Fsp3) is 0.250. The molecule has 0 saturated carbocycles. The van der Waals surface area contributed by atoms with Gasteiger partial charge in [0, 0.05) is 18.5 Å². The normalized spacial score (nSPS) is 11.8. The Balaban J connectivity index is 1.87. The molecule has 0 bridgehead atoms. The fourth-order valence-electron chi connectivity index (χ4n) is 2.00. The summed E-state index contributed by atoms with van der Waals surface area (Å²) in [5.74, 6) is 0.822. The average molecular weight is 286 g/mol. The third kappa shape index (κ3) is 4.38. The van der Waals surface area contributed by atoms with E-state index in [-0.39, 0.29) is 11.8 Å². The number of hydrogen-bond acceptors (Lipinski definition) is 3. The summed E-state index contributed by atoms with van der Waals surface area (Å²) in [4.78, 5) is 16.2. The van der Waals surface area contributed by atoms with Gasteiger partial charge in [0.2, 0.25) is 5.91 Å². The molecule has 0 aliphatic carbocycles. The molecule has 2 rings (SSSR count). The zero-order chi connectivity index (χ0) is 14.2. The maximum absolute atomic E-state index is 12.0. The predicted molar refractivity (Wildman–Crippen MR) is 83.7 cm³/mol. The lowest BCUT2D eigenvalue weighted by atomic mass is 9.97. The second-order valence-corrected chi connectivity index (χ2v) is 4.96. The molecule has 0 fully saturated rings. The van der Waals surface area contributed by atoms with E-state index in [1.807, 2.05) is 48.5 Å². The van der Waals surface area contributed by atoms with E-state index in [0.717, 1.165) is 11.3 Å². The smallest absolute Gasteiger partial charge is 0.220 e. The van der Waals surface area contributed by atoms with Gasteiger partial charge in [-0.1, -0.05) is 36.4 Å². The summed E-state index contributed by atoms with van der Waals surface area (Å²) in [7, 11) is 0. The quantitative estimate of drug-likeness (QED) is 0.802. The van der Waals surface area contributed by atoms with Crippen LogP contribution in [0.4, 0.5) is 0 Å². The van der Waals surface area contributed by atoms with Crippen molar-refractivity contribution in [1.82, 2.24) is 10.3 Å². The number of nitrogens with zero attached hydrogens (tertiary/aromatic N) is 1. The lowest BCUT2D eigenvalue weighted by Crippen LogP contribution is -2.25. The minimum atomic E-state index is 0.0264. The van der Waals surface area contributed by atoms with Gasteiger partial charge in [-0.3, -0.25) is 9.78 Å². The minimum Gasteiger partial charge on any atom is -0.350 e. The van der Waals surface area contributed by atoms with Crippen LogP contribution in [0.1, 0.15) is 23.6 Å². The first kappa shape index (κ1) is 14.6. The van der Waals surface area contributed by atoms with Gasteiger partial charge in [0.1, 0.15) is 0 Å². The number of aromatic nitrogens is 1. The fourth-order valence-corrected chi connectivity index (χ4v) is 2.34. The van der Waals surface area contributed by atoms with Gasteiger partial charge in [0.05, 0.1) is 12.2 Å². The van der Waals surface area contributed by atoms with Crippen molar-refractivity contribution in [2.24, 2.45) is 0 Å². The Bertz CT molecular complexity index is 531. The van der Waals surface area contributed by atoms with E-state index in [9.17, 15) is 4.79 Å². The maximum Gasteiger partial charge on any atom is 0.220 e. The van der Waals surface area contributed by atoms with E-state index in [1.54, 1.807) is 6.20 Å². The zero-order valence-electron chi connectivity index (χ0n) is 11.2. The van der Waals surface area contributed by atoms with Crippen molar-refractivity contribution < 1.29 is 4.79 Å². The Labute approximate surface area is 124 Å². The van der Waals surface area contributed by atoms with E-state index >= 15 is 0 Å². The molecule has 0 aliphatic rings. The summed E-state index contributed by atoms with van der Waals surface area (Å²) in [6.07, 6.45) is 2.17. The van der Waals surface area contributed by atoms with Crippen LogP contribution < -0.4 is 5.32 Å². The number of hydrogen-bond donors (Lipinski definition) is 2. The highest BCUT2D eigenvalue weighted by Gasteiger charge is 2.14. The average Bonchev–Trinajstić information content (AvgIpc) is 2.52. The molecule has 104 valence electrons. The number of thiol groups is 1. The second-order valence-electron chi connectivity index (χ2n) is 4.59. The number of carbonyl (C=O) groups excluding carboxylic acids is 1. The lowest BCUT2D eigenvalue weighted by Gasteiger charge is -2.14. The highest BCUT2D eigenvalue weighted by molar-refractivity contribution is 7.80. The minimum absolute atomic E-state index is 0.0264. The van der Waals surface area contributed by atoms with Crippen molar-refractivity contribution in [2.45, 2.75) is 18.9 Å². The molecule has 1 N–H and O–H groups in total. The highest BCUT2D eigenvalue weighted by atomic mass is 32.1. The molecule has 1 atom stereocenters. The van der Waals surface area contributed by atoms with Crippen LogP contribution >= 0.6 is 12.6 Å². The van der Waals surface area contributed by atoms with E-state index < -0.39 is 0 Å². The number of rotatable bonds is 6. The zero-order valence-corrected chi connectivity index (χ0v) is 12.1. The van der Waals surface area contributed by atoms with Gasteiger partial charge in [-0.15, -0.1) is 0 Å². The molecular formula is C16H18N2OS. The molecule has 1 aromatic carbocycles. The molecule has 4 heteroatoms. The van der Waals surface area contributed by atoms with Gasteiger partial charge in [0.15, 0.2) is 0 Å². The van der Waals surface area contributed by atoms with Gasteiger partial charge in [0.25, 0.3) is 0 Å². The predicted octanol–water partition coefficient (Wildman–Crippen LogP) is 2.80. The number of pyridine rings is 1. The Morgan fingerprint density at radius 2 is 1.90 bits per heavy atom. The summed E-state index contributed by atoms with van der Waals surface area (Å²) in [6, 6.07) is 15.7. The molecule has 0 aliphatic heterocycles. The van der Waals surface area contributed by atoms with E-state index in [4.69, 9.17) is 0 Å². The Morgan fingerprint density at radius 3 is 2.55 bits per heavy atom. The lowest BCUT2D eigenvalue weighted by molar-refractivity contribution is -0.121. The van der Waals surface area contributed by atoms with E-state index in [1.165, 1.54) is 0 Å². The van der Waals surface area contributed by atoms with Crippen LogP contribution in [0, 0.1) is 0 Å². The Kier molecular flexibility index (Phi) is 5.62. The summed E-state index contributed by atoms with van der Waals surface area (Å²) in [5, 5.41) is 2.90. The molecule has 1 amide bonds. The SMILES string of the molecule is O=C(CC(CS)c1ccccc1)NCc1ccccn1. The molecule has 2 aromatic rings. The molecular weight excluding hydrogens is 268 g/mol. The van der Waals surface area contributed by atoms with Crippen LogP contribution in [0.3, 0.4) is 0 Å². The maximum atomic E-state index is 12.0. The molecule has 0 spiro atoms. The van der Waals surface area contributed by atoms with Crippen LogP contribution in [0.15, 0.2) is 54.7 Å². The van der Waals surface area contributed by atoms with Crippen molar-refractivity contribution in [3.05, 3.63) is 66.0 Å². The van der Waals surface area contributed by atoms with E-state index in [0.29, 0.717) is 18.7 Å². The summed E-state index contributed by atoms with van der Waals surface area (Å²) in [6.45, 7) is 0.466. The van der Waals surface area contributed by atoms with Crippen molar-refractivity contribution in [3.8, 4) is 0 Å². The van der Waals surface area contributed by atoms with Gasteiger partial charge in [-0.05, 0) is 23.4 Å². The Morgan fingerprint density at radius 1 is 1.15 bits per heavy atom. The van der Waals surface area contributed by atoms with Crippen LogP contribution in [0.2, 0.25) is 0 Å². The molecule has 3 nitrogen and oxygen atoms in total. The molecule has 0 saturated heterocycles. The standard InChI is InChI=1S/C16H18N2OS/c19-16(18-11-15-8-4-5-9-17-15)10-14(12-20)13-6-2-1-3-7-13/h1-9,14,20H,10-12H2,(H,18,19). The van der Waals surface area contributed by atoms with Crippen LogP contribution in [0.25, 0.3) is 0 Å². The summed E-state index contributed by atoms with van der Waals surface area (Å²) < 4.78 is 0. The third-order valence-corrected chi connectivity index (χ3v) is 3.56.